The molecule has 19 heavy (non-hydrogen) atoms. The lowest BCUT2D eigenvalue weighted by Crippen LogP contribution is -2.16. The van der Waals surface area contributed by atoms with Crippen molar-refractivity contribution < 1.29 is 5.11 Å². The van der Waals surface area contributed by atoms with Crippen molar-refractivity contribution in [1.82, 2.24) is 15.0 Å². The van der Waals surface area contributed by atoms with E-state index in [1.165, 1.54) is 0 Å². The molecule has 0 radical (unpaired) electrons. The second-order valence-corrected chi connectivity index (χ2v) is 5.91. The standard InChI is InChI=1S/C12H23N5OS/c1-5-7-13-10-14-11(17(3)4)16-12(15-10)19-9(2)6-8-18/h9,18H,5-8H2,1-4H3,(H,13,14,15,16). The number of hydrogen-bond donors (Lipinski definition) is 2. The van der Waals surface area contributed by atoms with Gasteiger partial charge in [0.25, 0.3) is 0 Å². The molecule has 0 aliphatic rings. The zero-order chi connectivity index (χ0) is 14.3. The maximum atomic E-state index is 8.94. The average molecular weight is 285 g/mol. The number of nitrogens with one attached hydrogen (secondary N) is 1. The van der Waals surface area contributed by atoms with Crippen LogP contribution in [0.4, 0.5) is 11.9 Å². The van der Waals surface area contributed by atoms with Crippen LogP contribution in [0.15, 0.2) is 5.16 Å². The molecule has 0 amide bonds. The molecular weight excluding hydrogens is 262 g/mol. The minimum atomic E-state index is 0.181. The molecule has 1 heterocycles. The molecule has 1 unspecified atom stereocenters. The highest BCUT2D eigenvalue weighted by molar-refractivity contribution is 7.99. The number of thioether (sulfide) groups is 1. The molecule has 0 bridgehead atoms. The summed E-state index contributed by atoms with van der Waals surface area (Å²) in [5.74, 6) is 1.26. The van der Waals surface area contributed by atoms with E-state index < -0.39 is 0 Å². The van der Waals surface area contributed by atoms with E-state index in [1.54, 1.807) is 11.8 Å². The first-order chi connectivity index (χ1) is 9.06. The molecule has 1 rings (SSSR count). The van der Waals surface area contributed by atoms with E-state index in [0.29, 0.717) is 17.1 Å². The minimum absolute atomic E-state index is 0.181. The van der Waals surface area contributed by atoms with Crippen molar-refractivity contribution in [3.05, 3.63) is 0 Å². The number of nitrogens with zero attached hydrogens (tertiary/aromatic N) is 4. The molecule has 108 valence electrons. The molecule has 0 aromatic carbocycles. The van der Waals surface area contributed by atoms with Crippen molar-refractivity contribution in [3.63, 3.8) is 0 Å². The fourth-order valence-corrected chi connectivity index (χ4v) is 2.19. The first-order valence-corrected chi connectivity index (χ1v) is 7.39. The largest absolute Gasteiger partial charge is 0.396 e. The third-order valence-electron chi connectivity index (χ3n) is 2.38. The summed E-state index contributed by atoms with van der Waals surface area (Å²) in [6.45, 7) is 5.17. The van der Waals surface area contributed by atoms with Crippen LogP contribution in [0, 0.1) is 0 Å². The van der Waals surface area contributed by atoms with Crippen molar-refractivity contribution in [2.45, 2.75) is 37.1 Å². The molecule has 6 nitrogen and oxygen atoms in total. The smallest absolute Gasteiger partial charge is 0.230 e. The highest BCUT2D eigenvalue weighted by Crippen LogP contribution is 2.23. The summed E-state index contributed by atoms with van der Waals surface area (Å²) in [5, 5.41) is 13.1. The summed E-state index contributed by atoms with van der Waals surface area (Å²) in [6.07, 6.45) is 1.75. The van der Waals surface area contributed by atoms with E-state index in [9.17, 15) is 0 Å². The minimum Gasteiger partial charge on any atom is -0.396 e. The number of aliphatic hydroxyl groups is 1. The van der Waals surface area contributed by atoms with Crippen molar-refractivity contribution in [2.24, 2.45) is 0 Å². The monoisotopic (exact) mass is 285 g/mol. The summed E-state index contributed by atoms with van der Waals surface area (Å²) in [6, 6.07) is 0. The van der Waals surface area contributed by atoms with E-state index in [1.807, 2.05) is 19.0 Å². The Kier molecular flexibility index (Phi) is 6.86. The van der Waals surface area contributed by atoms with Gasteiger partial charge in [-0.05, 0) is 12.8 Å². The molecule has 2 N–H and O–H groups in total. The lowest BCUT2D eigenvalue weighted by Gasteiger charge is -2.14. The summed E-state index contributed by atoms with van der Waals surface area (Å²) in [4.78, 5) is 15.0. The maximum absolute atomic E-state index is 8.94. The Labute approximate surface area is 119 Å². The molecule has 0 aliphatic heterocycles. The van der Waals surface area contributed by atoms with Gasteiger partial charge in [0.2, 0.25) is 11.9 Å². The van der Waals surface area contributed by atoms with E-state index in [-0.39, 0.29) is 11.9 Å². The van der Waals surface area contributed by atoms with Gasteiger partial charge in [0, 0.05) is 32.5 Å². The van der Waals surface area contributed by atoms with Gasteiger partial charge in [-0.15, -0.1) is 0 Å². The van der Waals surface area contributed by atoms with E-state index >= 15 is 0 Å². The van der Waals surface area contributed by atoms with Gasteiger partial charge in [-0.2, -0.15) is 15.0 Å². The third-order valence-corrected chi connectivity index (χ3v) is 3.41. The van der Waals surface area contributed by atoms with Gasteiger partial charge in [-0.1, -0.05) is 25.6 Å². The zero-order valence-corrected chi connectivity index (χ0v) is 12.9. The van der Waals surface area contributed by atoms with Gasteiger partial charge in [-0.3, -0.25) is 0 Å². The van der Waals surface area contributed by atoms with Crippen molar-refractivity contribution >= 4 is 23.7 Å². The van der Waals surface area contributed by atoms with Crippen LogP contribution < -0.4 is 10.2 Å². The molecule has 0 saturated carbocycles. The lowest BCUT2D eigenvalue weighted by atomic mass is 10.4. The van der Waals surface area contributed by atoms with Gasteiger partial charge in [0.15, 0.2) is 5.16 Å². The molecular formula is C12H23N5OS. The number of aliphatic hydroxyl groups excluding tert-OH is 1. The topological polar surface area (TPSA) is 74.2 Å². The van der Waals surface area contributed by atoms with Crippen LogP contribution in [0.3, 0.4) is 0 Å². The Balaban J connectivity index is 2.86. The van der Waals surface area contributed by atoms with E-state index in [2.05, 4.69) is 34.1 Å². The van der Waals surface area contributed by atoms with Crippen LogP contribution in [0.2, 0.25) is 0 Å². The molecule has 1 aromatic rings. The normalized spacial score (nSPS) is 12.3. The van der Waals surface area contributed by atoms with Crippen molar-refractivity contribution in [2.75, 3.05) is 37.5 Å². The van der Waals surface area contributed by atoms with Gasteiger partial charge in [-0.25, -0.2) is 0 Å². The summed E-state index contributed by atoms with van der Waals surface area (Å²) in [5.41, 5.74) is 0. The molecule has 1 atom stereocenters. The SMILES string of the molecule is CCCNc1nc(SC(C)CCO)nc(N(C)C)n1. The van der Waals surface area contributed by atoms with Gasteiger partial charge in [0.1, 0.15) is 0 Å². The van der Waals surface area contributed by atoms with Gasteiger partial charge >= 0.3 is 0 Å². The Hall–Kier alpha value is -1.08. The molecule has 0 fully saturated rings. The fourth-order valence-electron chi connectivity index (χ4n) is 1.34. The Morgan fingerprint density at radius 1 is 1.32 bits per heavy atom. The van der Waals surface area contributed by atoms with Crippen LogP contribution >= 0.6 is 11.8 Å². The van der Waals surface area contributed by atoms with Crippen molar-refractivity contribution in [3.8, 4) is 0 Å². The lowest BCUT2D eigenvalue weighted by molar-refractivity contribution is 0.289. The molecule has 0 aliphatic carbocycles. The van der Waals surface area contributed by atoms with Crippen LogP contribution in [0.1, 0.15) is 26.7 Å². The third kappa shape index (κ3) is 5.61. The molecule has 0 saturated heterocycles. The molecule has 7 heteroatoms. The summed E-state index contributed by atoms with van der Waals surface area (Å²) < 4.78 is 0. The number of rotatable bonds is 8. The quantitative estimate of drug-likeness (QED) is 0.703. The van der Waals surface area contributed by atoms with E-state index in [4.69, 9.17) is 5.11 Å². The predicted octanol–water partition coefficient (Wildman–Crippen LogP) is 1.62. The second-order valence-electron chi connectivity index (χ2n) is 4.50. The van der Waals surface area contributed by atoms with Crippen LogP contribution in [-0.4, -0.2) is 52.6 Å². The number of anilines is 2. The average Bonchev–Trinajstić information content (AvgIpc) is 2.36. The van der Waals surface area contributed by atoms with Crippen LogP contribution in [0.5, 0.6) is 0 Å². The van der Waals surface area contributed by atoms with Gasteiger partial charge in [0.05, 0.1) is 0 Å². The Morgan fingerprint density at radius 3 is 2.63 bits per heavy atom. The maximum Gasteiger partial charge on any atom is 0.230 e. The van der Waals surface area contributed by atoms with Crippen LogP contribution in [-0.2, 0) is 0 Å². The number of hydrogen-bond acceptors (Lipinski definition) is 7. The zero-order valence-electron chi connectivity index (χ0n) is 12.1. The van der Waals surface area contributed by atoms with Gasteiger partial charge < -0.3 is 15.3 Å². The summed E-state index contributed by atoms with van der Waals surface area (Å²) >= 11 is 1.56. The van der Waals surface area contributed by atoms with Crippen molar-refractivity contribution in [1.29, 1.82) is 0 Å². The first-order valence-electron chi connectivity index (χ1n) is 6.51. The molecule has 1 aromatic heterocycles. The highest BCUT2D eigenvalue weighted by atomic mass is 32.2. The van der Waals surface area contributed by atoms with Crippen LogP contribution in [0.25, 0.3) is 0 Å². The first kappa shape index (κ1) is 16.0. The summed E-state index contributed by atoms with van der Waals surface area (Å²) in [7, 11) is 3.81. The predicted molar refractivity (Wildman–Crippen MR) is 80.0 cm³/mol. The Morgan fingerprint density at radius 2 is 2.05 bits per heavy atom. The molecule has 0 spiro atoms. The second kappa shape index (κ2) is 8.16. The van der Waals surface area contributed by atoms with E-state index in [0.717, 1.165) is 19.4 Å². The Bertz CT molecular complexity index is 388. The number of aromatic nitrogens is 3. The highest BCUT2D eigenvalue weighted by Gasteiger charge is 2.11. The fraction of sp³-hybridized carbons (Fsp3) is 0.750.